The highest BCUT2D eigenvalue weighted by Gasteiger charge is 2.42. The molecule has 0 aliphatic carbocycles. The van der Waals surface area contributed by atoms with Crippen LogP contribution in [0.2, 0.25) is 0 Å². The average Bonchev–Trinajstić information content (AvgIpc) is 3.25. The zero-order chi connectivity index (χ0) is 51.8. The number of likely N-dealkylation sites (tertiary alicyclic amines) is 3. The second-order valence-corrected chi connectivity index (χ2v) is 19.2. The van der Waals surface area contributed by atoms with Crippen LogP contribution in [0, 0.1) is 11.6 Å². The fourth-order valence-corrected chi connectivity index (χ4v) is 8.00. The van der Waals surface area contributed by atoms with Crippen molar-refractivity contribution >= 4 is 18.0 Å². The molecule has 3 fully saturated rings. The number of amides is 5. The maximum Gasteiger partial charge on any atom is 0.416 e. The molecule has 0 bridgehead atoms. The maximum atomic E-state index is 15.5. The first kappa shape index (κ1) is 55.2. The van der Waals surface area contributed by atoms with E-state index in [-0.39, 0.29) is 74.8 Å². The monoisotopic (exact) mass is 994 g/mol. The third kappa shape index (κ3) is 14.7. The number of ether oxygens (including phenoxy) is 2. The quantitative estimate of drug-likeness (QED) is 0.163. The summed E-state index contributed by atoms with van der Waals surface area (Å²) < 4.78 is 124. The summed E-state index contributed by atoms with van der Waals surface area (Å²) in [6.07, 6.45) is -10.2. The number of urea groups is 2. The van der Waals surface area contributed by atoms with Crippen LogP contribution in [0.1, 0.15) is 133 Å². The van der Waals surface area contributed by atoms with Crippen molar-refractivity contribution in [3.8, 4) is 0 Å². The molecular formula is C52H67F8N5O5. The molecule has 2 N–H and O–H groups in total. The molecule has 3 heterocycles. The van der Waals surface area contributed by atoms with Crippen molar-refractivity contribution in [1.82, 2.24) is 25.3 Å². The summed E-state index contributed by atoms with van der Waals surface area (Å²) in [7, 11) is 0. The third-order valence-electron chi connectivity index (χ3n) is 11.3. The molecule has 3 aliphatic heterocycles. The SMILES string of the molecule is CC.CC(C)(C)NC(=O)N1CC(OC(c2ccc(C(=O)N3CCCCC3)cc2F)c2ccccc2C(F)(F)F)C1.CC(C)(C)NC(=O)N1CC(OC(c2ccccc2F)c2ccccc2C(F)(F)F)C1.[HH].[HH]. The van der Waals surface area contributed by atoms with Crippen LogP contribution in [0.4, 0.5) is 44.7 Å². The van der Waals surface area contributed by atoms with Gasteiger partial charge in [0.1, 0.15) is 23.8 Å². The van der Waals surface area contributed by atoms with Crippen LogP contribution in [-0.4, -0.2) is 95.2 Å². The summed E-state index contributed by atoms with van der Waals surface area (Å²) in [6.45, 7) is 17.0. The number of piperidine rings is 1. The lowest BCUT2D eigenvalue weighted by Gasteiger charge is -2.42. The molecule has 70 heavy (non-hydrogen) atoms. The molecule has 3 saturated heterocycles. The van der Waals surface area contributed by atoms with Crippen LogP contribution in [0.3, 0.4) is 0 Å². The van der Waals surface area contributed by atoms with Crippen molar-refractivity contribution in [3.05, 3.63) is 142 Å². The lowest BCUT2D eigenvalue weighted by molar-refractivity contribution is -0.141. The second-order valence-electron chi connectivity index (χ2n) is 19.2. The lowest BCUT2D eigenvalue weighted by atomic mass is 9.94. The molecule has 0 saturated carbocycles. The molecule has 0 aromatic heterocycles. The van der Waals surface area contributed by atoms with E-state index in [1.165, 1.54) is 76.5 Å². The van der Waals surface area contributed by atoms with Crippen LogP contribution in [0.5, 0.6) is 0 Å². The number of nitrogens with zero attached hydrogens (tertiary/aromatic N) is 3. The number of carbonyl (C=O) groups excluding carboxylic acids is 3. The third-order valence-corrected chi connectivity index (χ3v) is 11.3. The summed E-state index contributed by atoms with van der Waals surface area (Å²) in [5.41, 5.74) is -3.00. The molecule has 7 rings (SSSR count). The van der Waals surface area contributed by atoms with Gasteiger partial charge >= 0.3 is 24.4 Å². The molecule has 0 radical (unpaired) electrons. The van der Waals surface area contributed by atoms with Crippen LogP contribution < -0.4 is 10.6 Å². The highest BCUT2D eigenvalue weighted by molar-refractivity contribution is 5.94. The minimum atomic E-state index is -4.68. The molecule has 2 atom stereocenters. The number of hydrogen-bond acceptors (Lipinski definition) is 5. The Kier molecular flexibility index (Phi) is 18.1. The summed E-state index contributed by atoms with van der Waals surface area (Å²) in [5.74, 6) is -1.78. The van der Waals surface area contributed by atoms with Gasteiger partial charge < -0.3 is 34.8 Å². The van der Waals surface area contributed by atoms with Gasteiger partial charge in [-0.15, -0.1) is 0 Å². The van der Waals surface area contributed by atoms with Crippen molar-refractivity contribution < 1.29 is 61.8 Å². The van der Waals surface area contributed by atoms with E-state index >= 15 is 4.39 Å². The molecule has 0 spiro atoms. The first-order valence-corrected chi connectivity index (χ1v) is 23.4. The second kappa shape index (κ2) is 23.0. The van der Waals surface area contributed by atoms with Gasteiger partial charge in [-0.1, -0.05) is 74.5 Å². The molecule has 4 aromatic carbocycles. The van der Waals surface area contributed by atoms with Gasteiger partial charge in [0.15, 0.2) is 0 Å². The van der Waals surface area contributed by atoms with Crippen LogP contribution in [0.25, 0.3) is 0 Å². The molecule has 4 aromatic rings. The largest absolute Gasteiger partial charge is 0.416 e. The number of rotatable bonds is 9. The van der Waals surface area contributed by atoms with Crippen molar-refractivity contribution in [3.63, 3.8) is 0 Å². The summed E-state index contributed by atoms with van der Waals surface area (Å²) in [6, 6.07) is 18.8. The highest BCUT2D eigenvalue weighted by Crippen LogP contribution is 2.42. The molecule has 3 aliphatic rings. The van der Waals surface area contributed by atoms with Crippen molar-refractivity contribution in [2.45, 2.75) is 122 Å². The summed E-state index contributed by atoms with van der Waals surface area (Å²) in [5, 5.41) is 5.65. The number of halogens is 8. The number of nitrogens with one attached hydrogen (secondary N) is 2. The molecule has 386 valence electrons. The average molecular weight is 994 g/mol. The Bertz CT molecular complexity index is 2410. The van der Waals surface area contributed by atoms with Gasteiger partial charge in [0.05, 0.1) is 49.5 Å². The minimum absolute atomic E-state index is 0. The van der Waals surface area contributed by atoms with Gasteiger partial charge in [0.2, 0.25) is 0 Å². The standard InChI is InChI=1S/C28H33F4N3O3.C22H24F4N2O2.C2H6.2H2/c1-27(2,3)33-26(37)35-16-19(17-35)38-24(20-9-5-6-10-22(20)28(30,31)32)21-12-11-18(15-23(21)29)25(36)34-13-7-4-8-14-34;1-21(2,3)27-20(29)28-12-14(13-28)30-19(16-9-5-7-11-18(16)23)15-8-4-6-10-17(15)22(24,25)26;1-2;;/h5-6,9-12,15,19,24H,4,7-8,13-14,16-17H2,1-3H3,(H,33,37);4-11,14,19H,12-13H2,1-3H3,(H,27,29);1-2H3;2*1H. The van der Waals surface area contributed by atoms with E-state index in [1.807, 2.05) is 55.4 Å². The van der Waals surface area contributed by atoms with E-state index < -0.39 is 70.6 Å². The topological polar surface area (TPSA) is 103 Å². The highest BCUT2D eigenvalue weighted by atomic mass is 19.4. The normalized spacial score (nSPS) is 16.6. The Balaban J connectivity index is 0.000000367. The number of hydrogen-bond donors (Lipinski definition) is 2. The Morgan fingerprint density at radius 3 is 1.31 bits per heavy atom. The van der Waals surface area contributed by atoms with E-state index in [1.54, 1.807) is 11.0 Å². The molecular weight excluding hydrogens is 927 g/mol. The van der Waals surface area contributed by atoms with Crippen molar-refractivity contribution in [2.75, 3.05) is 39.3 Å². The maximum absolute atomic E-state index is 15.5. The van der Waals surface area contributed by atoms with Crippen LogP contribution in [0.15, 0.2) is 91.0 Å². The van der Waals surface area contributed by atoms with Gasteiger partial charge in [-0.05, 0) is 102 Å². The number of carbonyl (C=O) groups is 3. The van der Waals surface area contributed by atoms with Gasteiger partial charge in [-0.2, -0.15) is 26.3 Å². The van der Waals surface area contributed by atoms with Gasteiger partial charge in [-0.25, -0.2) is 18.4 Å². The molecule has 5 amide bonds. The van der Waals surface area contributed by atoms with Crippen molar-refractivity contribution in [1.29, 1.82) is 0 Å². The first-order chi connectivity index (χ1) is 32.8. The van der Waals surface area contributed by atoms with E-state index in [9.17, 15) is 45.1 Å². The Morgan fingerprint density at radius 2 is 0.929 bits per heavy atom. The zero-order valence-electron chi connectivity index (χ0n) is 40.7. The van der Waals surface area contributed by atoms with Crippen molar-refractivity contribution in [2.24, 2.45) is 0 Å². The molecule has 10 nitrogen and oxygen atoms in total. The van der Waals surface area contributed by atoms with Gasteiger partial charge in [-0.3, -0.25) is 4.79 Å². The molecule has 2 unspecified atom stereocenters. The fourth-order valence-electron chi connectivity index (χ4n) is 8.00. The van der Waals surface area contributed by atoms with Crippen LogP contribution >= 0.6 is 0 Å². The smallest absolute Gasteiger partial charge is 0.362 e. The fraction of sp³-hybridized carbons (Fsp3) is 0.481. The Hall–Kier alpha value is -5.75. The summed E-state index contributed by atoms with van der Waals surface area (Å²) >= 11 is 0. The van der Waals surface area contributed by atoms with Gasteiger partial charge in [0.25, 0.3) is 5.91 Å². The van der Waals surface area contributed by atoms with Gasteiger partial charge in [0, 0.05) is 43.7 Å². The predicted octanol–water partition coefficient (Wildman–Crippen LogP) is 12.4. The Labute approximate surface area is 407 Å². The lowest BCUT2D eigenvalue weighted by Crippen LogP contribution is -2.60. The number of alkyl halides is 6. The summed E-state index contributed by atoms with van der Waals surface area (Å²) in [4.78, 5) is 42.1. The zero-order valence-corrected chi connectivity index (χ0v) is 40.7. The van der Waals surface area contributed by atoms with Crippen LogP contribution in [-0.2, 0) is 21.8 Å². The van der Waals surface area contributed by atoms with E-state index in [2.05, 4.69) is 10.6 Å². The van der Waals surface area contributed by atoms with E-state index in [4.69, 9.17) is 9.47 Å². The minimum Gasteiger partial charge on any atom is -0.362 e. The van der Waals surface area contributed by atoms with E-state index in [0.29, 0.717) is 13.1 Å². The van der Waals surface area contributed by atoms with E-state index in [0.717, 1.165) is 37.5 Å². The first-order valence-electron chi connectivity index (χ1n) is 23.4. The molecule has 18 heteroatoms. The Morgan fingerprint density at radius 1 is 0.543 bits per heavy atom. The number of benzene rings is 4. The predicted molar refractivity (Wildman–Crippen MR) is 254 cm³/mol.